The van der Waals surface area contributed by atoms with Crippen molar-refractivity contribution in [2.75, 3.05) is 19.6 Å². The molecule has 2 heterocycles. The Morgan fingerprint density at radius 2 is 2.09 bits per heavy atom. The van der Waals surface area contributed by atoms with Gasteiger partial charge >= 0.3 is 0 Å². The summed E-state index contributed by atoms with van der Waals surface area (Å²) < 4.78 is 0. The van der Waals surface area contributed by atoms with Crippen molar-refractivity contribution in [3.63, 3.8) is 0 Å². The number of hydrogen-bond acceptors (Lipinski definition) is 5. The molecule has 2 aliphatic rings. The van der Waals surface area contributed by atoms with Gasteiger partial charge in [0.15, 0.2) is 0 Å². The Bertz CT molecular complexity index is 496. The van der Waals surface area contributed by atoms with Crippen LogP contribution in [0.4, 0.5) is 0 Å². The van der Waals surface area contributed by atoms with Crippen LogP contribution in [0.2, 0.25) is 0 Å². The summed E-state index contributed by atoms with van der Waals surface area (Å²) in [6.07, 6.45) is 3.62. The Kier molecular flexibility index (Phi) is 6.35. The molecular formula is C15H23N5O3. The van der Waals surface area contributed by atoms with Gasteiger partial charge in [-0.1, -0.05) is 0 Å². The maximum Gasteiger partial charge on any atom is 0.240 e. The average Bonchev–Trinajstić information content (AvgIpc) is 3.08. The van der Waals surface area contributed by atoms with E-state index >= 15 is 0 Å². The number of piperidine rings is 1. The second kappa shape index (κ2) is 8.48. The van der Waals surface area contributed by atoms with Crippen LogP contribution in [-0.2, 0) is 14.4 Å². The molecule has 2 aliphatic heterocycles. The van der Waals surface area contributed by atoms with Crippen LogP contribution in [0.25, 0.3) is 0 Å². The maximum absolute atomic E-state index is 11.9. The summed E-state index contributed by atoms with van der Waals surface area (Å²) in [5.41, 5.74) is 0. The Morgan fingerprint density at radius 3 is 2.74 bits per heavy atom. The molecule has 126 valence electrons. The summed E-state index contributed by atoms with van der Waals surface area (Å²) in [5, 5.41) is 20.1. The highest BCUT2D eigenvalue weighted by Crippen LogP contribution is 2.17. The second-order valence-electron chi connectivity index (χ2n) is 5.98. The molecule has 0 saturated carbocycles. The van der Waals surface area contributed by atoms with Gasteiger partial charge in [-0.05, 0) is 38.6 Å². The molecule has 8 nitrogen and oxygen atoms in total. The van der Waals surface area contributed by atoms with Crippen LogP contribution in [0.1, 0.15) is 32.1 Å². The number of nitriles is 1. The van der Waals surface area contributed by atoms with Gasteiger partial charge in [0.05, 0.1) is 18.7 Å². The van der Waals surface area contributed by atoms with E-state index in [2.05, 4.69) is 21.3 Å². The lowest BCUT2D eigenvalue weighted by molar-refractivity contribution is -0.128. The predicted molar refractivity (Wildman–Crippen MR) is 81.9 cm³/mol. The number of rotatable bonds is 6. The molecule has 23 heavy (non-hydrogen) atoms. The molecule has 4 N–H and O–H groups in total. The fraction of sp³-hybridized carbons (Fsp3) is 0.733. The number of carbonyl (C=O) groups excluding carboxylic acids is 3. The van der Waals surface area contributed by atoms with Crippen molar-refractivity contribution in [2.24, 2.45) is 5.92 Å². The SMILES string of the molecule is N#C[C@H](C[C@@H]1CCCNC1=O)NC(=O)CNC(=O)C1CCCN1. The molecular weight excluding hydrogens is 298 g/mol. The molecule has 0 radical (unpaired) electrons. The molecule has 8 heteroatoms. The monoisotopic (exact) mass is 321 g/mol. The van der Waals surface area contributed by atoms with Crippen molar-refractivity contribution < 1.29 is 14.4 Å². The molecule has 0 aliphatic carbocycles. The van der Waals surface area contributed by atoms with E-state index < -0.39 is 11.9 Å². The minimum atomic E-state index is -0.724. The largest absolute Gasteiger partial charge is 0.356 e. The van der Waals surface area contributed by atoms with E-state index in [1.807, 2.05) is 6.07 Å². The lowest BCUT2D eigenvalue weighted by Gasteiger charge is -2.23. The number of nitrogens with zero attached hydrogens (tertiary/aromatic N) is 1. The summed E-state index contributed by atoms with van der Waals surface area (Å²) >= 11 is 0. The van der Waals surface area contributed by atoms with Crippen LogP contribution < -0.4 is 21.3 Å². The minimum Gasteiger partial charge on any atom is -0.356 e. The van der Waals surface area contributed by atoms with Gasteiger partial charge in [0.25, 0.3) is 0 Å². The van der Waals surface area contributed by atoms with Gasteiger partial charge in [-0.15, -0.1) is 0 Å². The fourth-order valence-corrected chi connectivity index (χ4v) is 2.93. The standard InChI is InChI=1S/C15H23N5O3/c16-8-11(7-10-3-1-6-18-14(10)22)20-13(21)9-19-15(23)12-4-2-5-17-12/h10-12,17H,1-7,9H2,(H,18,22)(H,19,23)(H,20,21)/t10-,11-,12?/m0/s1. The third-order valence-corrected chi connectivity index (χ3v) is 4.21. The van der Waals surface area contributed by atoms with Crippen molar-refractivity contribution in [3.8, 4) is 6.07 Å². The minimum absolute atomic E-state index is 0.0636. The molecule has 2 saturated heterocycles. The van der Waals surface area contributed by atoms with Gasteiger partial charge in [0.2, 0.25) is 17.7 Å². The number of amides is 3. The smallest absolute Gasteiger partial charge is 0.240 e. The lowest BCUT2D eigenvalue weighted by Crippen LogP contribution is -2.47. The topological polar surface area (TPSA) is 123 Å². The van der Waals surface area contributed by atoms with E-state index in [9.17, 15) is 14.4 Å². The van der Waals surface area contributed by atoms with Crippen LogP contribution in [0.15, 0.2) is 0 Å². The highest BCUT2D eigenvalue weighted by molar-refractivity contribution is 5.87. The van der Waals surface area contributed by atoms with Crippen molar-refractivity contribution >= 4 is 17.7 Å². The lowest BCUT2D eigenvalue weighted by atomic mass is 9.92. The first-order chi connectivity index (χ1) is 11.1. The van der Waals surface area contributed by atoms with Gasteiger partial charge < -0.3 is 21.3 Å². The quantitative estimate of drug-likeness (QED) is 0.488. The first-order valence-electron chi connectivity index (χ1n) is 8.08. The fourth-order valence-electron chi connectivity index (χ4n) is 2.93. The Balaban J connectivity index is 1.72. The third kappa shape index (κ3) is 5.21. The number of nitrogens with one attached hydrogen (secondary N) is 4. The molecule has 3 atom stereocenters. The molecule has 0 aromatic rings. The molecule has 2 rings (SSSR count). The van der Waals surface area contributed by atoms with Crippen molar-refractivity contribution in [2.45, 2.75) is 44.2 Å². The van der Waals surface area contributed by atoms with E-state index in [1.165, 1.54) is 0 Å². The van der Waals surface area contributed by atoms with Crippen LogP contribution in [0.5, 0.6) is 0 Å². The molecule has 0 bridgehead atoms. The summed E-state index contributed by atoms with van der Waals surface area (Å²) in [5.74, 6) is -0.922. The average molecular weight is 321 g/mol. The van der Waals surface area contributed by atoms with E-state index in [0.717, 1.165) is 32.2 Å². The zero-order chi connectivity index (χ0) is 16.7. The van der Waals surface area contributed by atoms with Crippen LogP contribution >= 0.6 is 0 Å². The van der Waals surface area contributed by atoms with Crippen molar-refractivity contribution in [1.29, 1.82) is 5.26 Å². The van der Waals surface area contributed by atoms with Crippen LogP contribution in [0, 0.1) is 17.2 Å². The predicted octanol–water partition coefficient (Wildman–Crippen LogP) is -1.22. The third-order valence-electron chi connectivity index (χ3n) is 4.21. The van der Waals surface area contributed by atoms with Crippen molar-refractivity contribution in [1.82, 2.24) is 21.3 Å². The highest BCUT2D eigenvalue weighted by atomic mass is 16.2. The van der Waals surface area contributed by atoms with E-state index in [4.69, 9.17) is 5.26 Å². The zero-order valence-electron chi connectivity index (χ0n) is 13.1. The van der Waals surface area contributed by atoms with Gasteiger partial charge in [-0.3, -0.25) is 14.4 Å². The van der Waals surface area contributed by atoms with Gasteiger partial charge in [-0.25, -0.2) is 0 Å². The maximum atomic E-state index is 11.9. The van der Waals surface area contributed by atoms with Gasteiger partial charge in [0, 0.05) is 12.5 Å². The normalized spacial score (nSPS) is 25.1. The molecule has 1 unspecified atom stereocenters. The summed E-state index contributed by atoms with van der Waals surface area (Å²) in [7, 11) is 0. The van der Waals surface area contributed by atoms with Gasteiger partial charge in [-0.2, -0.15) is 5.26 Å². The highest BCUT2D eigenvalue weighted by Gasteiger charge is 2.27. The number of hydrogen-bond donors (Lipinski definition) is 4. The first kappa shape index (κ1) is 17.2. The summed E-state index contributed by atoms with van der Waals surface area (Å²) in [6, 6.07) is 1.05. The Hall–Kier alpha value is -2.14. The molecule has 0 spiro atoms. The van der Waals surface area contributed by atoms with Crippen molar-refractivity contribution in [3.05, 3.63) is 0 Å². The summed E-state index contributed by atoms with van der Waals surface area (Å²) in [4.78, 5) is 35.3. The van der Waals surface area contributed by atoms with E-state index in [0.29, 0.717) is 13.0 Å². The Labute approximate surface area is 135 Å². The molecule has 0 aromatic heterocycles. The second-order valence-corrected chi connectivity index (χ2v) is 5.98. The Morgan fingerprint density at radius 1 is 1.30 bits per heavy atom. The van der Waals surface area contributed by atoms with Crippen LogP contribution in [-0.4, -0.2) is 49.4 Å². The molecule has 2 fully saturated rings. The van der Waals surface area contributed by atoms with E-state index in [-0.39, 0.29) is 30.3 Å². The van der Waals surface area contributed by atoms with Gasteiger partial charge in [0.1, 0.15) is 6.04 Å². The van der Waals surface area contributed by atoms with E-state index in [1.54, 1.807) is 0 Å². The molecule has 0 aromatic carbocycles. The number of carbonyl (C=O) groups is 3. The first-order valence-corrected chi connectivity index (χ1v) is 8.08. The zero-order valence-corrected chi connectivity index (χ0v) is 13.1. The van der Waals surface area contributed by atoms with Crippen LogP contribution in [0.3, 0.4) is 0 Å². The molecule has 3 amide bonds. The summed E-state index contributed by atoms with van der Waals surface area (Å²) in [6.45, 7) is 1.32.